The first-order valence-electron chi connectivity index (χ1n) is 16.8. The standard InChI is InChI=1S/C21H19N2O.C20H26NSi.Ir/c1-13(2)10-15-11-19(23-12-14(15)3)18-7-4-6-16-17-8-5-9-22-21(17)24-20(16)18;1-22(2,3)20-15-21-19(17-11-5-4-6-12-17)14-18(20)13-16-9-7-8-10-16;/h4-6,8-9,11-13H,10H2,1-3H3;4-6,11,14-16H,7-10,13H2,1-3H3;/q2*-1;. The number of aromatic nitrogens is 3. The minimum absolute atomic E-state index is 0. The summed E-state index contributed by atoms with van der Waals surface area (Å²) >= 11 is 0. The molecule has 1 fully saturated rings. The molecule has 6 heteroatoms. The van der Waals surface area contributed by atoms with E-state index in [-0.39, 0.29) is 20.1 Å². The van der Waals surface area contributed by atoms with Gasteiger partial charge in [0.2, 0.25) is 5.71 Å². The predicted molar refractivity (Wildman–Crippen MR) is 194 cm³/mol. The Morgan fingerprint density at radius 1 is 0.851 bits per heavy atom. The van der Waals surface area contributed by atoms with Crippen molar-refractivity contribution < 1.29 is 24.5 Å². The van der Waals surface area contributed by atoms with Gasteiger partial charge >= 0.3 is 0 Å². The maximum atomic E-state index is 6.01. The molecule has 4 nitrogen and oxygen atoms in total. The largest absolute Gasteiger partial charge is 0.486 e. The molecule has 7 rings (SSSR count). The third-order valence-corrected chi connectivity index (χ3v) is 11.1. The van der Waals surface area contributed by atoms with Crippen molar-refractivity contribution in [3.63, 3.8) is 0 Å². The third-order valence-electron chi connectivity index (χ3n) is 9.07. The van der Waals surface area contributed by atoms with Crippen LogP contribution in [0.3, 0.4) is 0 Å². The molecule has 4 heterocycles. The molecule has 0 saturated heterocycles. The average molecular weight is 816 g/mol. The van der Waals surface area contributed by atoms with Crippen molar-refractivity contribution >= 4 is 35.3 Å². The van der Waals surface area contributed by atoms with Crippen molar-refractivity contribution in [1.29, 1.82) is 0 Å². The molecule has 47 heavy (non-hydrogen) atoms. The fourth-order valence-corrected chi connectivity index (χ4v) is 8.28. The van der Waals surface area contributed by atoms with Gasteiger partial charge in [0, 0.05) is 44.1 Å². The second kappa shape index (κ2) is 15.2. The van der Waals surface area contributed by atoms with E-state index in [0.29, 0.717) is 11.6 Å². The maximum absolute atomic E-state index is 6.01. The van der Waals surface area contributed by atoms with Crippen LogP contribution in [0.4, 0.5) is 0 Å². The quantitative estimate of drug-likeness (QED) is 0.119. The van der Waals surface area contributed by atoms with Gasteiger partial charge in [-0.15, -0.1) is 54.1 Å². The number of hydrogen-bond acceptors (Lipinski definition) is 4. The first kappa shape index (κ1) is 34.9. The molecule has 0 aliphatic heterocycles. The van der Waals surface area contributed by atoms with E-state index in [2.05, 4.69) is 93.0 Å². The Kier molecular flexibility index (Phi) is 11.3. The first-order valence-corrected chi connectivity index (χ1v) is 20.3. The van der Waals surface area contributed by atoms with Gasteiger partial charge in [-0.25, -0.2) is 4.98 Å². The Balaban J connectivity index is 0.000000181. The molecule has 245 valence electrons. The van der Waals surface area contributed by atoms with Gasteiger partial charge in [-0.1, -0.05) is 93.4 Å². The summed E-state index contributed by atoms with van der Waals surface area (Å²) in [6.45, 7) is 13.9. The summed E-state index contributed by atoms with van der Waals surface area (Å²) in [5, 5.41) is 3.62. The van der Waals surface area contributed by atoms with Gasteiger partial charge in [0.25, 0.3) is 0 Å². The van der Waals surface area contributed by atoms with Gasteiger partial charge in [-0.2, -0.15) is 0 Å². The second-order valence-electron chi connectivity index (χ2n) is 14.3. The molecule has 0 atom stereocenters. The van der Waals surface area contributed by atoms with E-state index in [1.807, 2.05) is 42.6 Å². The van der Waals surface area contributed by atoms with Crippen molar-refractivity contribution in [1.82, 2.24) is 15.0 Å². The summed E-state index contributed by atoms with van der Waals surface area (Å²) in [7, 11) is -1.35. The zero-order valence-electron chi connectivity index (χ0n) is 28.5. The van der Waals surface area contributed by atoms with E-state index in [9.17, 15) is 0 Å². The van der Waals surface area contributed by atoms with E-state index in [4.69, 9.17) is 9.40 Å². The molecule has 2 aromatic carbocycles. The fourth-order valence-electron chi connectivity index (χ4n) is 6.69. The van der Waals surface area contributed by atoms with E-state index in [1.54, 1.807) is 16.9 Å². The molecule has 1 saturated carbocycles. The molecule has 0 bridgehead atoms. The number of hydrogen-bond donors (Lipinski definition) is 0. The van der Waals surface area contributed by atoms with Gasteiger partial charge in [0.15, 0.2) is 0 Å². The van der Waals surface area contributed by atoms with E-state index in [0.717, 1.165) is 51.2 Å². The minimum Gasteiger partial charge on any atom is -0.486 e. The molecular formula is C41H45IrN3OSi-2. The normalized spacial score (nSPS) is 13.5. The molecule has 0 N–H and O–H groups in total. The summed E-state index contributed by atoms with van der Waals surface area (Å²) in [4.78, 5) is 13.7. The van der Waals surface area contributed by atoms with Gasteiger partial charge in [-0.05, 0) is 65.9 Å². The predicted octanol–water partition coefficient (Wildman–Crippen LogP) is 10.2. The summed E-state index contributed by atoms with van der Waals surface area (Å²) in [6.07, 6.45) is 13.8. The topological polar surface area (TPSA) is 51.8 Å². The number of fused-ring (bicyclic) bond motifs is 3. The van der Waals surface area contributed by atoms with Crippen molar-refractivity contribution in [2.75, 3.05) is 0 Å². The Bertz CT molecular complexity index is 1940. The van der Waals surface area contributed by atoms with Crippen LogP contribution in [0.25, 0.3) is 44.6 Å². The van der Waals surface area contributed by atoms with Gasteiger partial charge in [-0.3, -0.25) is 0 Å². The zero-order valence-corrected chi connectivity index (χ0v) is 31.9. The maximum Gasteiger partial charge on any atom is 0.216 e. The van der Waals surface area contributed by atoms with Crippen LogP contribution >= 0.6 is 0 Å². The smallest absolute Gasteiger partial charge is 0.216 e. The number of aryl methyl sites for hydroxylation is 1. The van der Waals surface area contributed by atoms with Crippen LogP contribution in [0.1, 0.15) is 56.2 Å². The second-order valence-corrected chi connectivity index (χ2v) is 19.3. The fraction of sp³-hybridized carbons (Fsp3) is 0.341. The van der Waals surface area contributed by atoms with Crippen molar-refractivity contribution in [3.05, 3.63) is 108 Å². The van der Waals surface area contributed by atoms with Crippen molar-refractivity contribution in [2.45, 2.75) is 78.9 Å². The number of rotatable bonds is 7. The Morgan fingerprint density at radius 2 is 1.62 bits per heavy atom. The molecule has 0 spiro atoms. The van der Waals surface area contributed by atoms with Crippen LogP contribution in [0.5, 0.6) is 0 Å². The van der Waals surface area contributed by atoms with Gasteiger partial charge in [0.05, 0.1) is 13.7 Å². The summed E-state index contributed by atoms with van der Waals surface area (Å²) in [5.74, 6) is 1.49. The summed E-state index contributed by atoms with van der Waals surface area (Å²) in [6, 6.07) is 27.2. The Hall–Kier alpha value is -3.44. The number of pyridine rings is 3. The molecule has 0 amide bonds. The summed E-state index contributed by atoms with van der Waals surface area (Å²) in [5.41, 5.74) is 9.55. The third kappa shape index (κ3) is 8.17. The van der Waals surface area contributed by atoms with Crippen molar-refractivity contribution in [3.8, 4) is 22.5 Å². The van der Waals surface area contributed by atoms with Crippen LogP contribution in [0.2, 0.25) is 19.6 Å². The van der Waals surface area contributed by atoms with Gasteiger partial charge in [0.1, 0.15) is 0 Å². The van der Waals surface area contributed by atoms with Gasteiger partial charge < -0.3 is 14.4 Å². The Morgan fingerprint density at radius 3 is 2.34 bits per heavy atom. The van der Waals surface area contributed by atoms with Crippen LogP contribution in [-0.2, 0) is 32.9 Å². The van der Waals surface area contributed by atoms with Crippen LogP contribution in [0.15, 0.2) is 83.7 Å². The van der Waals surface area contributed by atoms with Crippen molar-refractivity contribution in [2.24, 2.45) is 11.8 Å². The monoisotopic (exact) mass is 816 g/mol. The SMILES string of the molecule is C[Si](C)(C)c1cnc(-c2[c-]cccc2)cc1CC1CCCC1.Cc1cnc(-c2[c-]ccc3c2oc2ncccc23)cc1CC(C)C.[Ir]. The molecule has 0 unspecified atom stereocenters. The number of furan rings is 1. The van der Waals surface area contributed by atoms with E-state index < -0.39 is 8.07 Å². The molecule has 4 aromatic heterocycles. The molecular weight excluding hydrogens is 771 g/mol. The summed E-state index contributed by atoms with van der Waals surface area (Å²) < 4.78 is 6.01. The van der Waals surface area contributed by atoms with E-state index in [1.165, 1.54) is 43.2 Å². The molecule has 1 aliphatic rings. The number of benzene rings is 2. The first-order chi connectivity index (χ1) is 22.2. The zero-order chi connectivity index (χ0) is 32.3. The Labute approximate surface area is 294 Å². The minimum atomic E-state index is -1.35. The van der Waals surface area contributed by atoms with Crippen LogP contribution in [0, 0.1) is 30.9 Å². The molecule has 1 radical (unpaired) electrons. The average Bonchev–Trinajstić information content (AvgIpc) is 3.70. The molecule has 6 aromatic rings. The number of nitrogens with zero attached hydrogens (tertiary/aromatic N) is 3. The van der Waals surface area contributed by atoms with Crippen LogP contribution < -0.4 is 5.19 Å². The molecule has 1 aliphatic carbocycles. The van der Waals surface area contributed by atoms with Crippen LogP contribution in [-0.4, -0.2) is 23.0 Å². The van der Waals surface area contributed by atoms with E-state index >= 15 is 0 Å².